The molecule has 0 saturated carbocycles. The fourth-order valence-electron chi connectivity index (χ4n) is 2.07. The Balaban J connectivity index is 2.20. The third-order valence-corrected chi connectivity index (χ3v) is 3.36. The molecule has 0 spiro atoms. The van der Waals surface area contributed by atoms with Gasteiger partial charge in [-0.15, -0.1) is 0 Å². The summed E-state index contributed by atoms with van der Waals surface area (Å²) < 4.78 is 27.2. The second-order valence-electron chi connectivity index (χ2n) is 4.39. The molecule has 3 aromatic rings. The Labute approximate surface area is 118 Å². The van der Waals surface area contributed by atoms with Crippen LogP contribution >= 0.6 is 11.6 Å². The van der Waals surface area contributed by atoms with Crippen molar-refractivity contribution in [2.45, 2.75) is 6.54 Å². The second kappa shape index (κ2) is 4.85. The first-order chi connectivity index (χ1) is 9.60. The maximum atomic E-state index is 13.8. The smallest absolute Gasteiger partial charge is 0.184 e. The van der Waals surface area contributed by atoms with Crippen LogP contribution in [0.3, 0.4) is 0 Å². The summed E-state index contributed by atoms with van der Waals surface area (Å²) in [6.07, 6.45) is 1.62. The zero-order chi connectivity index (χ0) is 14.3. The number of fused-ring (bicyclic) bond motifs is 1. The minimum Gasteiger partial charge on any atom is -0.351 e. The zero-order valence-corrected chi connectivity index (χ0v) is 11.0. The van der Waals surface area contributed by atoms with Crippen LogP contribution < -0.4 is 5.73 Å². The lowest BCUT2D eigenvalue weighted by Gasteiger charge is -2.00. The molecule has 20 heavy (non-hydrogen) atoms. The number of aromatic amines is 1. The van der Waals surface area contributed by atoms with Crippen LogP contribution in [-0.4, -0.2) is 9.97 Å². The van der Waals surface area contributed by atoms with E-state index < -0.39 is 11.6 Å². The molecular weight excluding hydrogens is 284 g/mol. The molecule has 6 heteroatoms. The first kappa shape index (κ1) is 13.0. The highest BCUT2D eigenvalue weighted by molar-refractivity contribution is 6.31. The van der Waals surface area contributed by atoms with E-state index in [9.17, 15) is 8.78 Å². The molecule has 0 aliphatic heterocycles. The minimum atomic E-state index is -1.06. The molecule has 0 fully saturated rings. The number of pyridine rings is 1. The van der Waals surface area contributed by atoms with E-state index in [0.717, 1.165) is 5.56 Å². The molecule has 0 unspecified atom stereocenters. The quantitative estimate of drug-likeness (QED) is 0.709. The van der Waals surface area contributed by atoms with Gasteiger partial charge in [0.15, 0.2) is 11.6 Å². The number of aromatic nitrogens is 2. The Kier molecular flexibility index (Phi) is 3.16. The lowest BCUT2D eigenvalue weighted by Crippen LogP contribution is -1.97. The third-order valence-electron chi connectivity index (χ3n) is 3.09. The van der Waals surface area contributed by atoms with Crippen LogP contribution in [0.5, 0.6) is 0 Å². The lowest BCUT2D eigenvalue weighted by atomic mass is 10.2. The van der Waals surface area contributed by atoms with Crippen molar-refractivity contribution in [2.24, 2.45) is 5.73 Å². The van der Waals surface area contributed by atoms with Crippen molar-refractivity contribution in [3.8, 4) is 11.4 Å². The van der Waals surface area contributed by atoms with Crippen LogP contribution in [0.1, 0.15) is 5.56 Å². The van der Waals surface area contributed by atoms with Crippen molar-refractivity contribution in [2.75, 3.05) is 0 Å². The van der Waals surface area contributed by atoms with Gasteiger partial charge in [-0.25, -0.2) is 8.78 Å². The molecule has 0 radical (unpaired) electrons. The highest BCUT2D eigenvalue weighted by Crippen LogP contribution is 2.30. The van der Waals surface area contributed by atoms with Crippen LogP contribution in [0.4, 0.5) is 8.78 Å². The predicted octanol–water partition coefficient (Wildman–Crippen LogP) is 3.62. The first-order valence-corrected chi connectivity index (χ1v) is 6.29. The van der Waals surface area contributed by atoms with Crippen LogP contribution in [0.2, 0.25) is 5.02 Å². The van der Waals surface area contributed by atoms with Gasteiger partial charge in [0.1, 0.15) is 0 Å². The van der Waals surface area contributed by atoms with Crippen molar-refractivity contribution >= 4 is 22.5 Å². The second-order valence-corrected chi connectivity index (χ2v) is 4.79. The van der Waals surface area contributed by atoms with Crippen molar-refractivity contribution in [3.05, 3.63) is 52.7 Å². The Morgan fingerprint density at radius 3 is 2.75 bits per heavy atom. The average Bonchev–Trinajstić information content (AvgIpc) is 2.89. The molecule has 0 saturated heterocycles. The summed E-state index contributed by atoms with van der Waals surface area (Å²) >= 11 is 5.63. The van der Waals surface area contributed by atoms with E-state index in [1.807, 2.05) is 0 Å². The number of hydrogen-bond acceptors (Lipinski definition) is 2. The van der Waals surface area contributed by atoms with E-state index in [4.69, 9.17) is 17.3 Å². The van der Waals surface area contributed by atoms with Gasteiger partial charge in [0.25, 0.3) is 0 Å². The van der Waals surface area contributed by atoms with Gasteiger partial charge in [-0.1, -0.05) is 11.6 Å². The number of nitrogens with two attached hydrogens (primary N) is 1. The highest BCUT2D eigenvalue weighted by Gasteiger charge is 2.15. The van der Waals surface area contributed by atoms with E-state index in [1.54, 1.807) is 24.4 Å². The van der Waals surface area contributed by atoms with E-state index >= 15 is 0 Å². The number of nitrogens with one attached hydrogen (secondary N) is 1. The van der Waals surface area contributed by atoms with Gasteiger partial charge in [-0.3, -0.25) is 4.98 Å². The SMILES string of the molecule is NCc1ccnc(-c2cc3cc(Cl)c(F)c(F)c3[nH]2)c1. The Bertz CT molecular complexity index is 798. The number of H-pyrrole nitrogens is 1. The van der Waals surface area contributed by atoms with E-state index in [-0.39, 0.29) is 10.5 Å². The van der Waals surface area contributed by atoms with Gasteiger partial charge < -0.3 is 10.7 Å². The molecule has 102 valence electrons. The summed E-state index contributed by atoms with van der Waals surface area (Å²) in [5.74, 6) is -2.05. The fourth-order valence-corrected chi connectivity index (χ4v) is 2.27. The summed E-state index contributed by atoms with van der Waals surface area (Å²) in [5.41, 5.74) is 7.73. The topological polar surface area (TPSA) is 54.7 Å². The molecule has 1 aromatic carbocycles. The molecule has 3 N–H and O–H groups in total. The molecule has 2 aromatic heterocycles. The largest absolute Gasteiger partial charge is 0.351 e. The van der Waals surface area contributed by atoms with E-state index in [0.29, 0.717) is 23.3 Å². The van der Waals surface area contributed by atoms with Gasteiger partial charge in [-0.2, -0.15) is 0 Å². The predicted molar refractivity (Wildman–Crippen MR) is 74.3 cm³/mol. The minimum absolute atomic E-state index is 0.0712. The van der Waals surface area contributed by atoms with Crippen molar-refractivity contribution in [1.29, 1.82) is 0 Å². The van der Waals surface area contributed by atoms with Crippen molar-refractivity contribution < 1.29 is 8.78 Å². The number of halogens is 3. The zero-order valence-electron chi connectivity index (χ0n) is 10.3. The van der Waals surface area contributed by atoms with Crippen LogP contribution in [0, 0.1) is 11.6 Å². The molecule has 0 aliphatic carbocycles. The summed E-state index contributed by atoms with van der Waals surface area (Å²) in [6, 6.07) is 6.64. The maximum absolute atomic E-state index is 13.8. The molecular formula is C14H10ClF2N3. The summed E-state index contributed by atoms with van der Waals surface area (Å²) in [7, 11) is 0. The highest BCUT2D eigenvalue weighted by atomic mass is 35.5. The number of rotatable bonds is 2. The Morgan fingerprint density at radius 2 is 2.00 bits per heavy atom. The van der Waals surface area contributed by atoms with Crippen LogP contribution in [-0.2, 0) is 6.54 Å². The molecule has 0 amide bonds. The van der Waals surface area contributed by atoms with Gasteiger partial charge in [0, 0.05) is 18.1 Å². The number of nitrogens with zero attached hydrogens (tertiary/aromatic N) is 1. The molecule has 0 bridgehead atoms. The first-order valence-electron chi connectivity index (χ1n) is 5.91. The van der Waals surface area contributed by atoms with Crippen LogP contribution in [0.15, 0.2) is 30.5 Å². The van der Waals surface area contributed by atoms with Gasteiger partial charge in [0.2, 0.25) is 0 Å². The van der Waals surface area contributed by atoms with Gasteiger partial charge >= 0.3 is 0 Å². The maximum Gasteiger partial charge on any atom is 0.184 e. The molecule has 3 rings (SSSR count). The Morgan fingerprint density at radius 1 is 1.20 bits per heavy atom. The summed E-state index contributed by atoms with van der Waals surface area (Å²) in [5, 5.41) is 0.244. The summed E-state index contributed by atoms with van der Waals surface area (Å²) in [4.78, 5) is 7.01. The van der Waals surface area contributed by atoms with Gasteiger partial charge in [-0.05, 0) is 29.8 Å². The molecule has 2 heterocycles. The average molecular weight is 294 g/mol. The van der Waals surface area contributed by atoms with E-state index in [1.165, 1.54) is 6.07 Å². The Hall–Kier alpha value is -1.98. The summed E-state index contributed by atoms with van der Waals surface area (Å²) in [6.45, 7) is 0.380. The van der Waals surface area contributed by atoms with Crippen molar-refractivity contribution in [3.63, 3.8) is 0 Å². The standard InChI is InChI=1S/C14H10ClF2N3/c15-9-4-8-5-11(20-14(8)13(17)12(9)16)10-3-7(6-18)1-2-19-10/h1-5,20H,6,18H2. The molecule has 0 atom stereocenters. The van der Waals surface area contributed by atoms with Crippen LogP contribution in [0.25, 0.3) is 22.3 Å². The molecule has 0 aliphatic rings. The number of hydrogen-bond donors (Lipinski definition) is 2. The number of benzene rings is 1. The fraction of sp³-hybridized carbons (Fsp3) is 0.0714. The molecule has 3 nitrogen and oxygen atoms in total. The monoisotopic (exact) mass is 293 g/mol. The van der Waals surface area contributed by atoms with Crippen molar-refractivity contribution in [1.82, 2.24) is 9.97 Å². The lowest BCUT2D eigenvalue weighted by molar-refractivity contribution is 0.516. The third kappa shape index (κ3) is 2.05. The van der Waals surface area contributed by atoms with E-state index in [2.05, 4.69) is 9.97 Å². The normalized spacial score (nSPS) is 11.2. The van der Waals surface area contributed by atoms with Gasteiger partial charge in [0.05, 0.1) is 21.9 Å².